The van der Waals surface area contributed by atoms with Crippen LogP contribution >= 0.6 is 12.4 Å². The molecule has 1 aromatic heterocycles. The maximum absolute atomic E-state index is 13.2. The van der Waals surface area contributed by atoms with Crippen LogP contribution in [0.5, 0.6) is 0 Å². The van der Waals surface area contributed by atoms with Gasteiger partial charge in [-0.2, -0.15) is 0 Å². The topological polar surface area (TPSA) is 45.3 Å². The van der Waals surface area contributed by atoms with Crippen molar-refractivity contribution in [3.05, 3.63) is 47.2 Å². The predicted octanol–water partition coefficient (Wildman–Crippen LogP) is 3.60. The Morgan fingerprint density at radius 1 is 1.38 bits per heavy atom. The number of H-pyrrole nitrogens is 1. The van der Waals surface area contributed by atoms with E-state index in [-0.39, 0.29) is 24.4 Å². The first kappa shape index (κ1) is 17.6. The van der Waals surface area contributed by atoms with Gasteiger partial charge in [0.2, 0.25) is 0 Å². The van der Waals surface area contributed by atoms with Crippen molar-refractivity contribution >= 4 is 29.3 Å². The molecule has 1 fully saturated rings. The molecule has 4 heterocycles. The Bertz CT molecular complexity index is 903. The van der Waals surface area contributed by atoms with Crippen LogP contribution in [0.15, 0.2) is 35.9 Å². The number of carbonyl (C=O) groups is 1. The number of nitrogens with one attached hydrogen (secondary N) is 1. The van der Waals surface area contributed by atoms with Crippen LogP contribution in [0.3, 0.4) is 0 Å². The summed E-state index contributed by atoms with van der Waals surface area (Å²) < 4.78 is 5.41. The fourth-order valence-electron chi connectivity index (χ4n) is 5.71. The SMILES string of the molecule is CCC1=CC2CN3CCc4c([nH]c5ccccc45)[C@](C(=O)OC)(C2)[C@@H]13.Cl. The average molecular weight is 373 g/mol. The van der Waals surface area contributed by atoms with Crippen molar-refractivity contribution in [1.29, 1.82) is 0 Å². The number of fused-ring (bicyclic) bond motifs is 3. The van der Waals surface area contributed by atoms with Crippen LogP contribution < -0.4 is 0 Å². The van der Waals surface area contributed by atoms with E-state index in [1.54, 1.807) is 0 Å². The van der Waals surface area contributed by atoms with Crippen molar-refractivity contribution in [2.75, 3.05) is 20.2 Å². The molecule has 5 heteroatoms. The second-order valence-electron chi connectivity index (χ2n) is 7.69. The number of piperidine rings is 1. The molecule has 0 radical (unpaired) electrons. The monoisotopic (exact) mass is 372 g/mol. The molecule has 4 nitrogen and oxygen atoms in total. The van der Waals surface area contributed by atoms with Crippen LogP contribution in [0.1, 0.15) is 31.0 Å². The Kier molecular flexibility index (Phi) is 4.16. The lowest BCUT2D eigenvalue weighted by Gasteiger charge is -2.53. The third-order valence-corrected chi connectivity index (χ3v) is 6.55. The molecule has 0 saturated carbocycles. The molecule has 0 spiro atoms. The van der Waals surface area contributed by atoms with Crippen molar-refractivity contribution < 1.29 is 9.53 Å². The van der Waals surface area contributed by atoms with E-state index in [1.807, 2.05) is 0 Å². The van der Waals surface area contributed by atoms with Gasteiger partial charge in [0, 0.05) is 29.7 Å². The van der Waals surface area contributed by atoms with E-state index in [9.17, 15) is 4.79 Å². The first-order valence-corrected chi connectivity index (χ1v) is 9.32. The van der Waals surface area contributed by atoms with Gasteiger partial charge in [-0.15, -0.1) is 12.4 Å². The average Bonchev–Trinajstić information content (AvgIpc) is 3.00. The van der Waals surface area contributed by atoms with Crippen molar-refractivity contribution in [3.8, 4) is 0 Å². The summed E-state index contributed by atoms with van der Waals surface area (Å²) in [6, 6.07) is 8.56. The minimum atomic E-state index is -0.595. The second-order valence-corrected chi connectivity index (χ2v) is 7.69. The van der Waals surface area contributed by atoms with E-state index < -0.39 is 5.41 Å². The summed E-state index contributed by atoms with van der Waals surface area (Å²) in [5.74, 6) is 0.345. The molecule has 1 saturated heterocycles. The Balaban J connectivity index is 0.00000168. The van der Waals surface area contributed by atoms with E-state index in [1.165, 1.54) is 23.6 Å². The molecular weight excluding hydrogens is 348 g/mol. The molecule has 2 unspecified atom stereocenters. The summed E-state index contributed by atoms with van der Waals surface area (Å²) in [5, 5.41) is 1.26. The van der Waals surface area contributed by atoms with E-state index in [0.717, 1.165) is 43.6 Å². The minimum Gasteiger partial charge on any atom is -0.468 e. The van der Waals surface area contributed by atoms with Crippen molar-refractivity contribution in [2.45, 2.75) is 37.6 Å². The molecule has 26 heavy (non-hydrogen) atoms. The minimum absolute atomic E-state index is 0. The summed E-state index contributed by atoms with van der Waals surface area (Å²) in [6.45, 7) is 4.28. The molecule has 2 aromatic rings. The van der Waals surface area contributed by atoms with Crippen molar-refractivity contribution in [1.82, 2.24) is 9.88 Å². The van der Waals surface area contributed by atoms with E-state index in [0.29, 0.717) is 5.92 Å². The van der Waals surface area contributed by atoms with Crippen molar-refractivity contribution in [3.63, 3.8) is 0 Å². The van der Waals surface area contributed by atoms with Gasteiger partial charge in [0.15, 0.2) is 0 Å². The first-order chi connectivity index (χ1) is 12.2. The Hall–Kier alpha value is -1.78. The van der Waals surface area contributed by atoms with Crippen LogP contribution in [0.2, 0.25) is 0 Å². The third kappa shape index (κ3) is 2.09. The maximum Gasteiger partial charge on any atom is 0.319 e. The fraction of sp³-hybridized carbons (Fsp3) is 0.476. The Morgan fingerprint density at radius 2 is 2.19 bits per heavy atom. The van der Waals surface area contributed by atoms with Gasteiger partial charge in [0.1, 0.15) is 5.41 Å². The predicted molar refractivity (Wildman–Crippen MR) is 105 cm³/mol. The molecule has 1 aliphatic carbocycles. The molecule has 1 aromatic carbocycles. The number of benzene rings is 1. The number of aromatic amines is 1. The number of methoxy groups -OCH3 is 1. The molecule has 4 aliphatic rings. The van der Waals surface area contributed by atoms with Gasteiger partial charge in [0.25, 0.3) is 0 Å². The lowest BCUT2D eigenvalue weighted by Crippen LogP contribution is -2.63. The summed E-state index contributed by atoms with van der Waals surface area (Å²) in [5.41, 5.74) is 4.36. The van der Waals surface area contributed by atoms with Crippen LogP contribution in [0.25, 0.3) is 10.9 Å². The number of nitrogens with zero attached hydrogens (tertiary/aromatic N) is 1. The number of ether oxygens (including phenoxy) is 1. The highest BCUT2D eigenvalue weighted by Gasteiger charge is 2.60. The third-order valence-electron chi connectivity index (χ3n) is 6.55. The lowest BCUT2D eigenvalue weighted by molar-refractivity contribution is -0.153. The normalized spacial score (nSPS) is 31.6. The van der Waals surface area contributed by atoms with Gasteiger partial charge in [-0.3, -0.25) is 9.69 Å². The van der Waals surface area contributed by atoms with Gasteiger partial charge in [-0.25, -0.2) is 0 Å². The number of esters is 1. The summed E-state index contributed by atoms with van der Waals surface area (Å²) in [6.07, 6.45) is 5.25. The van der Waals surface area contributed by atoms with Gasteiger partial charge in [-0.1, -0.05) is 36.8 Å². The zero-order chi connectivity index (χ0) is 17.2. The molecular formula is C21H25ClN2O2. The van der Waals surface area contributed by atoms with Crippen LogP contribution in [0, 0.1) is 5.92 Å². The highest BCUT2D eigenvalue weighted by molar-refractivity contribution is 5.92. The number of rotatable bonds is 2. The Labute approximate surface area is 160 Å². The van der Waals surface area contributed by atoms with Gasteiger partial charge < -0.3 is 9.72 Å². The van der Waals surface area contributed by atoms with E-state index >= 15 is 0 Å². The largest absolute Gasteiger partial charge is 0.468 e. The molecule has 0 amide bonds. The van der Waals surface area contributed by atoms with Crippen LogP contribution in [0.4, 0.5) is 0 Å². The Morgan fingerprint density at radius 3 is 2.96 bits per heavy atom. The van der Waals surface area contributed by atoms with Gasteiger partial charge >= 0.3 is 5.97 Å². The number of hydrogen-bond donors (Lipinski definition) is 1. The standard InChI is InChI=1S/C21H24N2O2.ClH/c1-3-14-10-13-11-21(20(24)25-2)18-16(8-9-23(12-13)19(14)21)15-6-4-5-7-17(15)22-18;/h4-7,10,13,19,22H,3,8-9,11-12H2,1-2H3;1H/t13?,19-,21-;/m1./s1. The van der Waals surface area contributed by atoms with E-state index in [4.69, 9.17) is 4.74 Å². The van der Waals surface area contributed by atoms with Crippen molar-refractivity contribution in [2.24, 2.45) is 5.92 Å². The lowest BCUT2D eigenvalue weighted by atomic mass is 9.60. The second kappa shape index (κ2) is 6.14. The highest BCUT2D eigenvalue weighted by Crippen LogP contribution is 2.52. The fourth-order valence-corrected chi connectivity index (χ4v) is 5.71. The van der Waals surface area contributed by atoms with Crippen LogP contribution in [-0.4, -0.2) is 42.1 Å². The zero-order valence-corrected chi connectivity index (χ0v) is 16.1. The molecule has 6 rings (SSSR count). The molecule has 138 valence electrons. The quantitative estimate of drug-likeness (QED) is 0.647. The van der Waals surface area contributed by atoms with Gasteiger partial charge in [-0.05, 0) is 36.8 Å². The molecule has 3 aliphatic heterocycles. The smallest absolute Gasteiger partial charge is 0.319 e. The number of carbonyl (C=O) groups excluding carboxylic acids is 1. The van der Waals surface area contributed by atoms with E-state index in [2.05, 4.69) is 47.1 Å². The maximum atomic E-state index is 13.2. The number of halogens is 1. The summed E-state index contributed by atoms with van der Waals surface area (Å²) in [4.78, 5) is 19.4. The number of aromatic nitrogens is 1. The first-order valence-electron chi connectivity index (χ1n) is 9.32. The van der Waals surface area contributed by atoms with Crippen LogP contribution in [-0.2, 0) is 21.4 Å². The summed E-state index contributed by atoms with van der Waals surface area (Å²) >= 11 is 0. The highest BCUT2D eigenvalue weighted by atomic mass is 35.5. The summed E-state index contributed by atoms with van der Waals surface area (Å²) in [7, 11) is 1.53. The number of para-hydroxylation sites is 1. The number of hydrogen-bond acceptors (Lipinski definition) is 3. The zero-order valence-electron chi connectivity index (χ0n) is 15.2. The molecule has 1 N–H and O–H groups in total. The molecule has 4 atom stereocenters. The molecule has 4 bridgehead atoms. The van der Waals surface area contributed by atoms with Gasteiger partial charge in [0.05, 0.1) is 13.2 Å².